The summed E-state index contributed by atoms with van der Waals surface area (Å²) in [5.74, 6) is -0.809. The average Bonchev–Trinajstić information content (AvgIpc) is 2.49. The van der Waals surface area contributed by atoms with Crippen LogP contribution in [-0.4, -0.2) is 20.4 Å². The molecule has 3 rings (SSSR count). The van der Waals surface area contributed by atoms with Crippen molar-refractivity contribution in [2.45, 2.75) is 0 Å². The van der Waals surface area contributed by atoms with Gasteiger partial charge >= 0.3 is 0 Å². The molecule has 0 aliphatic heterocycles. The van der Waals surface area contributed by atoms with E-state index in [1.807, 2.05) is 0 Å². The molecule has 3 aromatic rings. The zero-order valence-corrected chi connectivity index (χ0v) is 10.2. The molecule has 0 saturated carbocycles. The number of aromatic nitrogens is 4. The highest BCUT2D eigenvalue weighted by atomic mass is 19.1. The maximum Gasteiger partial charge on any atom is 0.206 e. The summed E-state index contributed by atoms with van der Waals surface area (Å²) in [4.78, 5) is 0. The topological polar surface area (TPSA) is 51.6 Å². The molecule has 0 aliphatic carbocycles. The second-order valence-corrected chi connectivity index (χ2v) is 4.01. The van der Waals surface area contributed by atoms with E-state index in [0.717, 1.165) is 0 Å². The van der Waals surface area contributed by atoms with Gasteiger partial charge in [-0.3, -0.25) is 0 Å². The lowest BCUT2D eigenvalue weighted by Crippen LogP contribution is -2.01. The van der Waals surface area contributed by atoms with Gasteiger partial charge in [0.1, 0.15) is 11.6 Å². The number of hydrogen-bond acceptors (Lipinski definition) is 4. The quantitative estimate of drug-likeness (QED) is 0.718. The van der Waals surface area contributed by atoms with Crippen LogP contribution in [0.1, 0.15) is 0 Å². The van der Waals surface area contributed by atoms with Crippen molar-refractivity contribution in [1.29, 1.82) is 0 Å². The number of rotatable bonds is 2. The predicted molar refractivity (Wildman–Crippen MR) is 68.4 cm³/mol. The second kappa shape index (κ2) is 5.08. The van der Waals surface area contributed by atoms with Crippen LogP contribution in [0.2, 0.25) is 0 Å². The zero-order chi connectivity index (χ0) is 13.9. The first kappa shape index (κ1) is 12.3. The molecule has 0 aliphatic rings. The molecule has 0 atom stereocenters. The van der Waals surface area contributed by atoms with Crippen LogP contribution in [0, 0.1) is 11.6 Å². The van der Waals surface area contributed by atoms with E-state index in [-0.39, 0.29) is 22.8 Å². The molecular formula is C14H8F2N4. The first-order valence-corrected chi connectivity index (χ1v) is 5.83. The molecule has 0 amide bonds. The SMILES string of the molecule is Fc1ccccc1-c1nnc(-c2ccccc2F)nn1. The van der Waals surface area contributed by atoms with Gasteiger partial charge in [-0.05, 0) is 24.3 Å². The normalized spacial score (nSPS) is 10.5. The second-order valence-electron chi connectivity index (χ2n) is 4.01. The summed E-state index contributed by atoms with van der Waals surface area (Å²) in [7, 11) is 0. The van der Waals surface area contributed by atoms with Crippen molar-refractivity contribution in [3.05, 3.63) is 60.2 Å². The Morgan fingerprint density at radius 1 is 0.550 bits per heavy atom. The maximum atomic E-state index is 13.6. The zero-order valence-electron chi connectivity index (χ0n) is 10.2. The molecule has 0 radical (unpaired) electrons. The van der Waals surface area contributed by atoms with Crippen LogP contribution in [0.5, 0.6) is 0 Å². The van der Waals surface area contributed by atoms with Gasteiger partial charge in [0.15, 0.2) is 0 Å². The largest absolute Gasteiger partial charge is 0.206 e. The molecule has 6 heteroatoms. The predicted octanol–water partition coefficient (Wildman–Crippen LogP) is 2.88. The minimum atomic E-state index is -0.463. The Hall–Kier alpha value is -2.76. The van der Waals surface area contributed by atoms with Gasteiger partial charge in [0.2, 0.25) is 11.6 Å². The van der Waals surface area contributed by atoms with Gasteiger partial charge in [0.25, 0.3) is 0 Å². The third kappa shape index (κ3) is 2.23. The minimum absolute atomic E-state index is 0.0585. The van der Waals surface area contributed by atoms with E-state index in [1.165, 1.54) is 24.3 Å². The summed E-state index contributed by atoms with van der Waals surface area (Å²) in [6.45, 7) is 0. The fourth-order valence-electron chi connectivity index (χ4n) is 1.73. The van der Waals surface area contributed by atoms with Crippen molar-refractivity contribution >= 4 is 0 Å². The highest BCUT2D eigenvalue weighted by molar-refractivity contribution is 5.57. The van der Waals surface area contributed by atoms with Crippen molar-refractivity contribution < 1.29 is 8.78 Å². The van der Waals surface area contributed by atoms with E-state index >= 15 is 0 Å². The molecule has 0 bridgehead atoms. The van der Waals surface area contributed by atoms with Crippen molar-refractivity contribution in [2.75, 3.05) is 0 Å². The van der Waals surface area contributed by atoms with E-state index < -0.39 is 11.6 Å². The molecule has 0 spiro atoms. The summed E-state index contributed by atoms with van der Waals surface area (Å²) in [6.07, 6.45) is 0. The van der Waals surface area contributed by atoms with Crippen molar-refractivity contribution in [3.8, 4) is 22.8 Å². The first-order chi connectivity index (χ1) is 9.75. The van der Waals surface area contributed by atoms with Crippen LogP contribution < -0.4 is 0 Å². The van der Waals surface area contributed by atoms with Gasteiger partial charge in [-0.15, -0.1) is 20.4 Å². The van der Waals surface area contributed by atoms with E-state index in [2.05, 4.69) is 20.4 Å². The van der Waals surface area contributed by atoms with Gasteiger partial charge in [-0.25, -0.2) is 8.78 Å². The standard InChI is InChI=1S/C14H8F2N4/c15-11-7-3-1-5-9(11)13-17-19-14(20-18-13)10-6-2-4-8-12(10)16/h1-8H. The van der Waals surface area contributed by atoms with E-state index in [1.54, 1.807) is 24.3 Å². The third-order valence-corrected chi connectivity index (χ3v) is 2.71. The third-order valence-electron chi connectivity index (χ3n) is 2.71. The van der Waals surface area contributed by atoms with Gasteiger partial charge < -0.3 is 0 Å². The summed E-state index contributed by atoms with van der Waals surface area (Å²) >= 11 is 0. The van der Waals surface area contributed by atoms with Gasteiger partial charge in [-0.2, -0.15) is 0 Å². The monoisotopic (exact) mass is 270 g/mol. The molecule has 98 valence electrons. The number of nitrogens with zero attached hydrogens (tertiary/aromatic N) is 4. The summed E-state index contributed by atoms with van der Waals surface area (Å²) in [5.41, 5.74) is 0.403. The lowest BCUT2D eigenvalue weighted by atomic mass is 10.2. The Labute approximate surface area is 113 Å². The molecule has 0 fully saturated rings. The summed E-state index contributed by atoms with van der Waals surface area (Å²) in [6, 6.07) is 12.1. The van der Waals surface area contributed by atoms with E-state index in [9.17, 15) is 8.78 Å². The Bertz CT molecular complexity index is 680. The molecule has 20 heavy (non-hydrogen) atoms. The van der Waals surface area contributed by atoms with E-state index in [0.29, 0.717) is 0 Å². The molecule has 4 nitrogen and oxygen atoms in total. The lowest BCUT2D eigenvalue weighted by molar-refractivity contribution is 0.625. The van der Waals surface area contributed by atoms with Gasteiger partial charge in [0.05, 0.1) is 11.1 Å². The lowest BCUT2D eigenvalue weighted by Gasteiger charge is -2.02. The Kier molecular flexibility index (Phi) is 3.12. The minimum Gasteiger partial charge on any atom is -0.206 e. The van der Waals surface area contributed by atoms with Gasteiger partial charge in [-0.1, -0.05) is 24.3 Å². The smallest absolute Gasteiger partial charge is 0.206 e. The highest BCUT2D eigenvalue weighted by Gasteiger charge is 2.12. The highest BCUT2D eigenvalue weighted by Crippen LogP contribution is 2.20. The van der Waals surface area contributed by atoms with Crippen LogP contribution in [-0.2, 0) is 0 Å². The number of hydrogen-bond donors (Lipinski definition) is 0. The van der Waals surface area contributed by atoms with Crippen molar-refractivity contribution in [1.82, 2.24) is 20.4 Å². The van der Waals surface area contributed by atoms with E-state index in [4.69, 9.17) is 0 Å². The number of benzene rings is 2. The Morgan fingerprint density at radius 3 is 1.25 bits per heavy atom. The molecule has 0 N–H and O–H groups in total. The van der Waals surface area contributed by atoms with Crippen molar-refractivity contribution in [3.63, 3.8) is 0 Å². The fraction of sp³-hybridized carbons (Fsp3) is 0. The van der Waals surface area contributed by atoms with Crippen LogP contribution in [0.15, 0.2) is 48.5 Å². The molecule has 0 unspecified atom stereocenters. The maximum absolute atomic E-state index is 13.6. The first-order valence-electron chi connectivity index (χ1n) is 5.83. The Morgan fingerprint density at radius 2 is 0.900 bits per heavy atom. The summed E-state index contributed by atoms with van der Waals surface area (Å²) < 4.78 is 27.1. The molecular weight excluding hydrogens is 262 g/mol. The average molecular weight is 270 g/mol. The fourth-order valence-corrected chi connectivity index (χ4v) is 1.73. The summed E-state index contributed by atoms with van der Waals surface area (Å²) in [5, 5.41) is 15.2. The van der Waals surface area contributed by atoms with Crippen LogP contribution in [0.4, 0.5) is 8.78 Å². The number of halogens is 2. The molecule has 1 heterocycles. The van der Waals surface area contributed by atoms with Crippen molar-refractivity contribution in [2.24, 2.45) is 0 Å². The molecule has 0 saturated heterocycles. The van der Waals surface area contributed by atoms with Crippen LogP contribution in [0.3, 0.4) is 0 Å². The Balaban J connectivity index is 2.01. The van der Waals surface area contributed by atoms with Crippen LogP contribution >= 0.6 is 0 Å². The molecule has 1 aromatic heterocycles. The van der Waals surface area contributed by atoms with Gasteiger partial charge in [0, 0.05) is 0 Å². The molecule has 2 aromatic carbocycles. The van der Waals surface area contributed by atoms with Crippen LogP contribution in [0.25, 0.3) is 22.8 Å².